The molecule has 1 aromatic rings. The molecule has 106 valence electrons. The summed E-state index contributed by atoms with van der Waals surface area (Å²) in [5.74, 6) is 2.21. The van der Waals surface area contributed by atoms with Gasteiger partial charge in [0.1, 0.15) is 11.6 Å². The number of aromatic nitrogens is 1. The number of thioether (sulfide) groups is 1. The molecule has 6 nitrogen and oxygen atoms in total. The third kappa shape index (κ3) is 5.78. The van der Waals surface area contributed by atoms with Gasteiger partial charge in [0.2, 0.25) is 0 Å². The van der Waals surface area contributed by atoms with E-state index in [-0.39, 0.29) is 5.69 Å². The molecule has 0 saturated heterocycles. The average molecular weight is 284 g/mol. The predicted molar refractivity (Wildman–Crippen MR) is 81.2 cm³/mol. The van der Waals surface area contributed by atoms with Gasteiger partial charge in [-0.25, -0.2) is 4.98 Å². The fraction of sp³-hybridized carbons (Fsp3) is 0.583. The van der Waals surface area contributed by atoms with Gasteiger partial charge in [-0.05, 0) is 31.8 Å². The number of nitrogens with one attached hydrogen (secondary N) is 2. The van der Waals surface area contributed by atoms with Gasteiger partial charge in [-0.15, -0.1) is 0 Å². The second-order valence-electron chi connectivity index (χ2n) is 4.01. The molecule has 7 heteroatoms. The SMILES string of the molecule is CCNc1cc([N+](=O)[O-])cc(NCCCCSC)n1. The molecule has 1 heterocycles. The van der Waals surface area contributed by atoms with Gasteiger partial charge in [0.05, 0.1) is 17.1 Å². The highest BCUT2D eigenvalue weighted by Gasteiger charge is 2.10. The molecule has 2 N–H and O–H groups in total. The normalized spacial score (nSPS) is 10.2. The lowest BCUT2D eigenvalue weighted by molar-refractivity contribution is -0.384. The Morgan fingerprint density at radius 3 is 2.58 bits per heavy atom. The van der Waals surface area contributed by atoms with E-state index in [2.05, 4.69) is 21.9 Å². The summed E-state index contributed by atoms with van der Waals surface area (Å²) in [5, 5.41) is 17.0. The minimum absolute atomic E-state index is 0.0533. The Morgan fingerprint density at radius 1 is 1.32 bits per heavy atom. The van der Waals surface area contributed by atoms with Crippen molar-refractivity contribution in [2.45, 2.75) is 19.8 Å². The standard InChI is InChI=1S/C12H20N4O2S/c1-3-13-11-8-10(16(17)18)9-12(15-11)14-6-4-5-7-19-2/h8-9H,3-7H2,1-2H3,(H2,13,14,15). The third-order valence-corrected chi connectivity index (χ3v) is 3.16. The van der Waals surface area contributed by atoms with Crippen LogP contribution in [0.15, 0.2) is 12.1 Å². The van der Waals surface area contributed by atoms with E-state index in [1.165, 1.54) is 12.1 Å². The van der Waals surface area contributed by atoms with Gasteiger partial charge in [0.25, 0.3) is 5.69 Å². The zero-order valence-electron chi connectivity index (χ0n) is 11.3. The first kappa shape index (κ1) is 15.6. The summed E-state index contributed by atoms with van der Waals surface area (Å²) >= 11 is 1.82. The van der Waals surface area contributed by atoms with Crippen LogP contribution in [0.2, 0.25) is 0 Å². The van der Waals surface area contributed by atoms with Gasteiger partial charge in [0, 0.05) is 13.1 Å². The first-order valence-corrected chi connectivity index (χ1v) is 7.70. The number of anilines is 2. The molecule has 0 radical (unpaired) electrons. The lowest BCUT2D eigenvalue weighted by Crippen LogP contribution is -2.07. The summed E-state index contributed by atoms with van der Waals surface area (Å²) in [6, 6.07) is 2.91. The van der Waals surface area contributed by atoms with Crippen LogP contribution in [0.25, 0.3) is 0 Å². The van der Waals surface area contributed by atoms with Crippen LogP contribution < -0.4 is 10.6 Å². The topological polar surface area (TPSA) is 80.1 Å². The summed E-state index contributed by atoms with van der Waals surface area (Å²) < 4.78 is 0. The van der Waals surface area contributed by atoms with Gasteiger partial charge >= 0.3 is 0 Å². The van der Waals surface area contributed by atoms with Crippen LogP contribution in [-0.2, 0) is 0 Å². The molecule has 1 aromatic heterocycles. The molecular formula is C12H20N4O2S. The summed E-state index contributed by atoms with van der Waals surface area (Å²) in [6.07, 6.45) is 4.24. The zero-order chi connectivity index (χ0) is 14.1. The quantitative estimate of drug-likeness (QED) is 0.412. The summed E-state index contributed by atoms with van der Waals surface area (Å²) in [5.41, 5.74) is 0.0533. The number of rotatable bonds is 9. The van der Waals surface area contributed by atoms with E-state index >= 15 is 0 Å². The lowest BCUT2D eigenvalue weighted by Gasteiger charge is -2.08. The average Bonchev–Trinajstić information content (AvgIpc) is 2.38. The highest BCUT2D eigenvalue weighted by molar-refractivity contribution is 7.98. The van der Waals surface area contributed by atoms with Crippen LogP contribution >= 0.6 is 11.8 Å². The molecule has 0 fully saturated rings. The monoisotopic (exact) mass is 284 g/mol. The Bertz CT molecular complexity index is 415. The van der Waals surface area contributed by atoms with E-state index < -0.39 is 4.92 Å². The van der Waals surface area contributed by atoms with Gasteiger partial charge < -0.3 is 10.6 Å². The van der Waals surface area contributed by atoms with Crippen molar-refractivity contribution in [3.05, 3.63) is 22.2 Å². The number of nitrogens with zero attached hydrogens (tertiary/aromatic N) is 2. The molecule has 19 heavy (non-hydrogen) atoms. The van der Waals surface area contributed by atoms with Crippen molar-refractivity contribution in [2.24, 2.45) is 0 Å². The Balaban J connectivity index is 2.62. The van der Waals surface area contributed by atoms with E-state index in [1.807, 2.05) is 18.7 Å². The Hall–Kier alpha value is -1.50. The molecule has 0 saturated carbocycles. The first-order valence-electron chi connectivity index (χ1n) is 6.30. The predicted octanol–water partition coefficient (Wildman–Crippen LogP) is 2.98. The minimum atomic E-state index is -0.401. The van der Waals surface area contributed by atoms with Gasteiger partial charge in [-0.3, -0.25) is 10.1 Å². The molecule has 0 spiro atoms. The Kier molecular flexibility index (Phi) is 7.02. The third-order valence-electron chi connectivity index (χ3n) is 2.46. The van der Waals surface area contributed by atoms with Crippen LogP contribution in [0, 0.1) is 10.1 Å². The van der Waals surface area contributed by atoms with Crippen molar-refractivity contribution >= 4 is 29.1 Å². The number of hydrogen-bond acceptors (Lipinski definition) is 6. The summed E-state index contributed by atoms with van der Waals surface area (Å²) in [4.78, 5) is 14.7. The molecule has 0 unspecified atom stereocenters. The van der Waals surface area contributed by atoms with Crippen molar-refractivity contribution in [1.82, 2.24) is 4.98 Å². The maximum Gasteiger partial charge on any atom is 0.276 e. The number of hydrogen-bond donors (Lipinski definition) is 2. The van der Waals surface area contributed by atoms with Crippen LogP contribution in [0.1, 0.15) is 19.8 Å². The van der Waals surface area contributed by atoms with Gasteiger partial charge in [-0.1, -0.05) is 0 Å². The zero-order valence-corrected chi connectivity index (χ0v) is 12.1. The number of nitro groups is 1. The molecule has 0 aliphatic carbocycles. The fourth-order valence-corrected chi connectivity index (χ4v) is 2.06. The number of unbranched alkanes of at least 4 members (excludes halogenated alkanes) is 1. The Labute approximate surface area is 117 Å². The van der Waals surface area contributed by atoms with E-state index in [9.17, 15) is 10.1 Å². The molecular weight excluding hydrogens is 264 g/mol. The minimum Gasteiger partial charge on any atom is -0.370 e. The Morgan fingerprint density at radius 2 is 2.00 bits per heavy atom. The molecule has 0 amide bonds. The highest BCUT2D eigenvalue weighted by atomic mass is 32.2. The van der Waals surface area contributed by atoms with Crippen molar-refractivity contribution in [1.29, 1.82) is 0 Å². The molecule has 0 aromatic carbocycles. The van der Waals surface area contributed by atoms with E-state index in [4.69, 9.17) is 0 Å². The highest BCUT2D eigenvalue weighted by Crippen LogP contribution is 2.20. The molecule has 0 aliphatic rings. The van der Waals surface area contributed by atoms with E-state index in [1.54, 1.807) is 0 Å². The maximum atomic E-state index is 10.8. The molecule has 0 atom stereocenters. The van der Waals surface area contributed by atoms with Crippen LogP contribution in [0.5, 0.6) is 0 Å². The number of pyridine rings is 1. The van der Waals surface area contributed by atoms with Crippen LogP contribution in [0.3, 0.4) is 0 Å². The molecule has 0 aliphatic heterocycles. The van der Waals surface area contributed by atoms with Crippen molar-refractivity contribution < 1.29 is 4.92 Å². The van der Waals surface area contributed by atoms with Crippen LogP contribution in [0.4, 0.5) is 17.3 Å². The first-order chi connectivity index (χ1) is 9.17. The van der Waals surface area contributed by atoms with Gasteiger partial charge in [0.15, 0.2) is 0 Å². The maximum absolute atomic E-state index is 10.8. The molecule has 0 bridgehead atoms. The molecule has 1 rings (SSSR count). The summed E-state index contributed by atoms with van der Waals surface area (Å²) in [7, 11) is 0. The second kappa shape index (κ2) is 8.58. The van der Waals surface area contributed by atoms with Crippen molar-refractivity contribution in [3.8, 4) is 0 Å². The fourth-order valence-electron chi connectivity index (χ4n) is 1.57. The van der Waals surface area contributed by atoms with E-state index in [0.717, 1.165) is 25.1 Å². The van der Waals surface area contributed by atoms with Gasteiger partial charge in [-0.2, -0.15) is 11.8 Å². The largest absolute Gasteiger partial charge is 0.370 e. The van der Waals surface area contributed by atoms with Crippen LogP contribution in [-0.4, -0.2) is 35.0 Å². The summed E-state index contributed by atoms with van der Waals surface area (Å²) in [6.45, 7) is 3.39. The second-order valence-corrected chi connectivity index (χ2v) is 5.00. The lowest BCUT2D eigenvalue weighted by atomic mass is 10.3. The van der Waals surface area contributed by atoms with Crippen molar-refractivity contribution in [2.75, 3.05) is 35.7 Å². The van der Waals surface area contributed by atoms with Crippen molar-refractivity contribution in [3.63, 3.8) is 0 Å². The smallest absolute Gasteiger partial charge is 0.276 e. The van der Waals surface area contributed by atoms with E-state index in [0.29, 0.717) is 18.2 Å².